The molecule has 0 bridgehead atoms. The molecular formula is C23H33N3O4S. The van der Waals surface area contributed by atoms with Gasteiger partial charge in [-0.2, -0.15) is 5.26 Å². The molecule has 1 aromatic carbocycles. The van der Waals surface area contributed by atoms with Crippen LogP contribution >= 0.6 is 11.8 Å². The summed E-state index contributed by atoms with van der Waals surface area (Å²) in [5, 5.41) is 12.2. The van der Waals surface area contributed by atoms with E-state index >= 15 is 0 Å². The highest BCUT2D eigenvalue weighted by atomic mass is 32.2. The molecule has 0 saturated carbocycles. The van der Waals surface area contributed by atoms with Gasteiger partial charge < -0.3 is 19.7 Å². The molecule has 0 spiro atoms. The zero-order chi connectivity index (χ0) is 23.2. The first-order chi connectivity index (χ1) is 14.5. The number of carbonyl (C=O) groups is 2. The number of nitrogens with zero attached hydrogens (tertiary/aromatic N) is 2. The minimum Gasteiger partial charge on any atom is -0.497 e. The van der Waals surface area contributed by atoms with Crippen LogP contribution in [0.1, 0.15) is 53.0 Å². The Bertz CT molecular complexity index is 812. The quantitative estimate of drug-likeness (QED) is 0.676. The summed E-state index contributed by atoms with van der Waals surface area (Å²) in [6, 6.07) is 8.66. The van der Waals surface area contributed by atoms with Crippen molar-refractivity contribution in [2.24, 2.45) is 0 Å². The van der Waals surface area contributed by atoms with Gasteiger partial charge in [-0.15, -0.1) is 11.8 Å². The smallest absolute Gasteiger partial charge is 0.408 e. The van der Waals surface area contributed by atoms with Crippen molar-refractivity contribution >= 4 is 23.8 Å². The molecule has 31 heavy (non-hydrogen) atoms. The maximum Gasteiger partial charge on any atom is 0.408 e. The fourth-order valence-electron chi connectivity index (χ4n) is 3.36. The van der Waals surface area contributed by atoms with E-state index < -0.39 is 28.5 Å². The molecule has 1 N–H and O–H groups in total. The van der Waals surface area contributed by atoms with Crippen LogP contribution in [0.25, 0.3) is 0 Å². The number of hydrogen-bond donors (Lipinski definition) is 1. The van der Waals surface area contributed by atoms with Crippen LogP contribution in [0, 0.1) is 11.3 Å². The van der Waals surface area contributed by atoms with Crippen LogP contribution in [0.15, 0.2) is 24.3 Å². The Morgan fingerprint density at radius 3 is 2.45 bits per heavy atom. The Hall–Kier alpha value is -2.40. The SMILES string of the molecule is COc1ccc(CSC(C)(C)[C@H](NC(=O)OC(C)(C)C)C(=O)N2CCC[C@H]2C#N)cc1. The topological polar surface area (TPSA) is 91.7 Å². The van der Waals surface area contributed by atoms with Gasteiger partial charge in [0, 0.05) is 17.0 Å². The summed E-state index contributed by atoms with van der Waals surface area (Å²) in [7, 11) is 1.62. The average molecular weight is 448 g/mol. The van der Waals surface area contributed by atoms with Crippen LogP contribution in [0.4, 0.5) is 4.79 Å². The van der Waals surface area contributed by atoms with E-state index in [1.807, 2.05) is 38.1 Å². The normalized spacial score (nSPS) is 17.6. The fourth-order valence-corrected chi connectivity index (χ4v) is 4.42. The highest BCUT2D eigenvalue weighted by molar-refractivity contribution is 7.99. The molecule has 0 unspecified atom stereocenters. The van der Waals surface area contributed by atoms with E-state index in [-0.39, 0.29) is 5.91 Å². The summed E-state index contributed by atoms with van der Waals surface area (Å²) in [5.74, 6) is 1.18. The van der Waals surface area contributed by atoms with Gasteiger partial charge >= 0.3 is 6.09 Å². The van der Waals surface area contributed by atoms with E-state index in [1.165, 1.54) is 0 Å². The molecule has 0 aliphatic carbocycles. The highest BCUT2D eigenvalue weighted by Gasteiger charge is 2.43. The van der Waals surface area contributed by atoms with Crippen LogP contribution in [-0.2, 0) is 15.3 Å². The average Bonchev–Trinajstić information content (AvgIpc) is 3.18. The molecule has 2 atom stereocenters. The van der Waals surface area contributed by atoms with Crippen LogP contribution in [0.5, 0.6) is 5.75 Å². The molecule has 170 valence electrons. The number of rotatable bonds is 7. The Morgan fingerprint density at radius 2 is 1.90 bits per heavy atom. The first kappa shape index (κ1) is 24.9. The molecule has 7 nitrogen and oxygen atoms in total. The Balaban J connectivity index is 2.20. The number of benzene rings is 1. The monoisotopic (exact) mass is 447 g/mol. The number of carbonyl (C=O) groups excluding carboxylic acids is 2. The minimum absolute atomic E-state index is 0.248. The number of likely N-dealkylation sites (tertiary alicyclic amines) is 1. The Kier molecular flexibility index (Phi) is 8.24. The Labute approximate surface area is 189 Å². The van der Waals surface area contributed by atoms with Crippen LogP contribution in [0.2, 0.25) is 0 Å². The highest BCUT2D eigenvalue weighted by Crippen LogP contribution is 2.34. The van der Waals surface area contributed by atoms with Crippen molar-refractivity contribution in [2.45, 2.75) is 75.6 Å². The van der Waals surface area contributed by atoms with Crippen molar-refractivity contribution in [1.29, 1.82) is 5.26 Å². The second-order valence-corrected chi connectivity index (χ2v) is 10.8. The second kappa shape index (κ2) is 10.3. The van der Waals surface area contributed by atoms with Crippen LogP contribution < -0.4 is 10.1 Å². The van der Waals surface area contributed by atoms with Crippen LogP contribution in [0.3, 0.4) is 0 Å². The van der Waals surface area contributed by atoms with Gasteiger partial charge in [0.15, 0.2) is 0 Å². The molecule has 1 saturated heterocycles. The summed E-state index contributed by atoms with van der Waals surface area (Å²) in [6.07, 6.45) is 0.792. The molecule has 0 radical (unpaired) electrons. The van der Waals surface area contributed by atoms with Gasteiger partial charge in [-0.05, 0) is 65.2 Å². The number of hydrogen-bond acceptors (Lipinski definition) is 6. The lowest BCUT2D eigenvalue weighted by molar-refractivity contribution is -0.134. The van der Waals surface area contributed by atoms with Crippen LogP contribution in [-0.4, -0.2) is 53.0 Å². The first-order valence-electron chi connectivity index (χ1n) is 10.4. The zero-order valence-corrected chi connectivity index (χ0v) is 20.0. The summed E-state index contributed by atoms with van der Waals surface area (Å²) in [6.45, 7) is 9.71. The maximum atomic E-state index is 13.4. The standard InChI is InChI=1S/C23H33N3O4S/c1-22(2,3)30-21(28)25-19(20(27)26-13-7-8-17(26)14-24)23(4,5)31-15-16-9-11-18(29-6)12-10-16/h9-12,17,19H,7-8,13,15H2,1-6H3,(H,25,28)/t17-,19+/m0/s1. The molecule has 2 rings (SSSR count). The number of methoxy groups -OCH3 is 1. The summed E-state index contributed by atoms with van der Waals surface area (Å²) < 4.78 is 9.97. The lowest BCUT2D eigenvalue weighted by atomic mass is 10.0. The number of amides is 2. The molecule has 0 aromatic heterocycles. The maximum absolute atomic E-state index is 13.4. The first-order valence-corrected chi connectivity index (χ1v) is 11.4. The van der Waals surface area contributed by atoms with E-state index in [0.717, 1.165) is 17.7 Å². The van der Waals surface area contributed by atoms with Crippen molar-refractivity contribution in [2.75, 3.05) is 13.7 Å². The minimum atomic E-state index is -0.834. The van der Waals surface area contributed by atoms with Crippen molar-refractivity contribution in [3.63, 3.8) is 0 Å². The predicted octanol–water partition coefficient (Wildman–Crippen LogP) is 4.11. The predicted molar refractivity (Wildman–Crippen MR) is 122 cm³/mol. The second-order valence-electron chi connectivity index (χ2n) is 9.14. The molecule has 1 fully saturated rings. The number of nitrogens with one attached hydrogen (secondary N) is 1. The molecule has 1 heterocycles. The molecule has 8 heteroatoms. The third-order valence-corrected chi connectivity index (χ3v) is 6.52. The van der Waals surface area contributed by atoms with Gasteiger partial charge in [0.25, 0.3) is 0 Å². The fraction of sp³-hybridized carbons (Fsp3) is 0.609. The Morgan fingerprint density at radius 1 is 1.26 bits per heavy atom. The van der Waals surface area contributed by atoms with E-state index in [2.05, 4.69) is 11.4 Å². The largest absolute Gasteiger partial charge is 0.497 e. The molecule has 1 aromatic rings. The van der Waals surface area contributed by atoms with Crippen molar-refractivity contribution in [1.82, 2.24) is 10.2 Å². The third kappa shape index (κ3) is 7.06. The van der Waals surface area contributed by atoms with E-state index in [0.29, 0.717) is 18.7 Å². The third-order valence-electron chi connectivity index (χ3n) is 5.06. The van der Waals surface area contributed by atoms with E-state index in [4.69, 9.17) is 9.47 Å². The zero-order valence-electron chi connectivity index (χ0n) is 19.2. The molecule has 2 amide bonds. The number of thioether (sulfide) groups is 1. The summed E-state index contributed by atoms with van der Waals surface area (Å²) in [5.41, 5.74) is 0.402. The number of nitriles is 1. The molecule has 1 aliphatic heterocycles. The van der Waals surface area contributed by atoms with Gasteiger partial charge in [0.1, 0.15) is 23.4 Å². The van der Waals surface area contributed by atoms with Gasteiger partial charge in [-0.25, -0.2) is 4.79 Å². The van der Waals surface area contributed by atoms with Crippen molar-refractivity contribution < 1.29 is 19.1 Å². The van der Waals surface area contributed by atoms with Gasteiger partial charge in [-0.1, -0.05) is 12.1 Å². The summed E-state index contributed by atoms with van der Waals surface area (Å²) >= 11 is 1.57. The summed E-state index contributed by atoms with van der Waals surface area (Å²) in [4.78, 5) is 27.6. The molecular weight excluding hydrogens is 414 g/mol. The molecule has 1 aliphatic rings. The number of ether oxygens (including phenoxy) is 2. The van der Waals surface area contributed by atoms with Gasteiger partial charge in [0.05, 0.1) is 13.2 Å². The lowest BCUT2D eigenvalue weighted by Gasteiger charge is -2.37. The van der Waals surface area contributed by atoms with Crippen molar-refractivity contribution in [3.8, 4) is 11.8 Å². The van der Waals surface area contributed by atoms with Gasteiger partial charge in [-0.3, -0.25) is 4.79 Å². The van der Waals surface area contributed by atoms with E-state index in [1.54, 1.807) is 44.5 Å². The van der Waals surface area contributed by atoms with Gasteiger partial charge in [0.2, 0.25) is 5.91 Å². The lowest BCUT2D eigenvalue weighted by Crippen LogP contribution is -2.58. The van der Waals surface area contributed by atoms with Crippen molar-refractivity contribution in [3.05, 3.63) is 29.8 Å². The van der Waals surface area contributed by atoms with E-state index in [9.17, 15) is 14.9 Å². The number of alkyl carbamates (subject to hydrolysis) is 1.